The van der Waals surface area contributed by atoms with Crippen LogP contribution in [0.25, 0.3) is 0 Å². The van der Waals surface area contributed by atoms with E-state index in [1.165, 1.54) is 0 Å². The molecule has 1 heterocycles. The quantitative estimate of drug-likeness (QED) is 0.551. The van der Waals surface area contributed by atoms with Crippen molar-refractivity contribution in [1.29, 1.82) is 0 Å². The number of hydrogen-bond donors (Lipinski definition) is 0. The highest BCUT2D eigenvalue weighted by molar-refractivity contribution is 5.11. The molecule has 1 aromatic heterocycles. The smallest absolute Gasteiger partial charge is 0.220 e. The van der Waals surface area contributed by atoms with Gasteiger partial charge in [-0.1, -0.05) is 11.8 Å². The molecule has 15 heavy (non-hydrogen) atoms. The van der Waals surface area contributed by atoms with Gasteiger partial charge in [-0.05, 0) is 20.8 Å². The van der Waals surface area contributed by atoms with Gasteiger partial charge in [0.05, 0.1) is 6.07 Å². The molecular weight excluding hydrogens is 195 g/mol. The second kappa shape index (κ2) is 4.74. The van der Waals surface area contributed by atoms with Crippen molar-refractivity contribution in [2.24, 2.45) is 5.41 Å². The van der Waals surface area contributed by atoms with Gasteiger partial charge < -0.3 is 4.74 Å². The molecule has 0 aliphatic heterocycles. The second-order valence-corrected chi connectivity index (χ2v) is 4.02. The van der Waals surface area contributed by atoms with Crippen LogP contribution in [0.2, 0.25) is 0 Å². The zero-order valence-corrected chi connectivity index (χ0v) is 9.04. The molecule has 3 nitrogen and oxygen atoms in total. The molecule has 0 spiro atoms. The van der Waals surface area contributed by atoms with E-state index in [2.05, 4.69) is 21.8 Å². The van der Waals surface area contributed by atoms with Crippen molar-refractivity contribution in [2.45, 2.75) is 20.8 Å². The maximum absolute atomic E-state index is 12.6. The lowest BCUT2D eigenvalue weighted by Crippen LogP contribution is -2.02. The zero-order chi connectivity index (χ0) is 11.3. The van der Waals surface area contributed by atoms with Gasteiger partial charge in [-0.3, -0.25) is 0 Å². The molecule has 1 aromatic rings. The fraction of sp³-hybridized carbons (Fsp3) is 0.455. The van der Waals surface area contributed by atoms with Crippen LogP contribution in [0.4, 0.5) is 4.39 Å². The summed E-state index contributed by atoms with van der Waals surface area (Å²) in [5, 5.41) is 0. The van der Waals surface area contributed by atoms with Crippen LogP contribution in [-0.4, -0.2) is 16.6 Å². The van der Waals surface area contributed by atoms with E-state index in [4.69, 9.17) is 4.74 Å². The van der Waals surface area contributed by atoms with Crippen molar-refractivity contribution < 1.29 is 9.13 Å². The number of nitrogens with zero attached hydrogens (tertiary/aromatic N) is 2. The fourth-order valence-electron chi connectivity index (χ4n) is 0.808. The van der Waals surface area contributed by atoms with Gasteiger partial charge in [0.1, 0.15) is 6.33 Å². The van der Waals surface area contributed by atoms with E-state index in [0.29, 0.717) is 0 Å². The van der Waals surface area contributed by atoms with Crippen molar-refractivity contribution >= 4 is 0 Å². The Balaban J connectivity index is 2.47. The highest BCUT2D eigenvalue weighted by Gasteiger charge is 2.03. The normalized spacial score (nSPS) is 10.4. The van der Waals surface area contributed by atoms with E-state index in [1.54, 1.807) is 0 Å². The second-order valence-electron chi connectivity index (χ2n) is 4.02. The first-order valence-corrected chi connectivity index (χ1v) is 4.58. The highest BCUT2D eigenvalue weighted by atomic mass is 19.1. The predicted octanol–water partition coefficient (Wildman–Crippen LogP) is 2.04. The Hall–Kier alpha value is -1.63. The van der Waals surface area contributed by atoms with Crippen LogP contribution >= 0.6 is 0 Å². The van der Waals surface area contributed by atoms with Crippen molar-refractivity contribution in [2.75, 3.05) is 6.61 Å². The molecule has 0 aliphatic carbocycles. The van der Waals surface area contributed by atoms with Crippen molar-refractivity contribution in [3.63, 3.8) is 0 Å². The number of halogens is 1. The Bertz CT molecular complexity index is 388. The Morgan fingerprint density at radius 1 is 1.40 bits per heavy atom. The largest absolute Gasteiger partial charge is 0.464 e. The zero-order valence-electron chi connectivity index (χ0n) is 9.04. The number of aromatic nitrogens is 2. The summed E-state index contributed by atoms with van der Waals surface area (Å²) < 4.78 is 17.7. The first-order chi connectivity index (χ1) is 6.97. The molecule has 80 valence electrons. The van der Waals surface area contributed by atoms with Crippen LogP contribution in [0, 0.1) is 23.2 Å². The van der Waals surface area contributed by atoms with E-state index >= 15 is 0 Å². The average Bonchev–Trinajstić information content (AvgIpc) is 2.11. The standard InChI is InChI=1S/C11H13FN2O/c1-11(2,3)5-4-6-15-10-7-9(12)13-8-14-10/h7-8H,6H2,1-3H3. The summed E-state index contributed by atoms with van der Waals surface area (Å²) in [5.41, 5.74) is -0.0553. The predicted molar refractivity (Wildman–Crippen MR) is 54.7 cm³/mol. The van der Waals surface area contributed by atoms with E-state index in [1.807, 2.05) is 20.8 Å². The molecule has 0 fully saturated rings. The van der Waals surface area contributed by atoms with Gasteiger partial charge in [-0.2, -0.15) is 4.39 Å². The molecule has 0 amide bonds. The number of hydrogen-bond acceptors (Lipinski definition) is 3. The Morgan fingerprint density at radius 3 is 2.73 bits per heavy atom. The lowest BCUT2D eigenvalue weighted by Gasteiger charge is -2.07. The van der Waals surface area contributed by atoms with Crippen LogP contribution < -0.4 is 4.74 Å². The lowest BCUT2D eigenvalue weighted by atomic mass is 9.98. The fourth-order valence-corrected chi connectivity index (χ4v) is 0.808. The van der Waals surface area contributed by atoms with Crippen LogP contribution in [0.5, 0.6) is 5.88 Å². The van der Waals surface area contributed by atoms with Crippen molar-refractivity contribution in [3.05, 3.63) is 18.3 Å². The summed E-state index contributed by atoms with van der Waals surface area (Å²) in [6, 6.07) is 1.12. The summed E-state index contributed by atoms with van der Waals surface area (Å²) in [5.74, 6) is 5.42. The maximum atomic E-state index is 12.6. The maximum Gasteiger partial charge on any atom is 0.220 e. The molecule has 0 aromatic carbocycles. The molecular formula is C11H13FN2O. The third kappa shape index (κ3) is 4.96. The van der Waals surface area contributed by atoms with E-state index < -0.39 is 5.95 Å². The molecule has 0 unspecified atom stereocenters. The lowest BCUT2D eigenvalue weighted by molar-refractivity contribution is 0.349. The van der Waals surface area contributed by atoms with Gasteiger partial charge in [-0.15, -0.1) is 0 Å². The van der Waals surface area contributed by atoms with Crippen LogP contribution in [0.3, 0.4) is 0 Å². The Kier molecular flexibility index (Phi) is 3.62. The van der Waals surface area contributed by atoms with Crippen molar-refractivity contribution in [3.8, 4) is 17.7 Å². The summed E-state index contributed by atoms with van der Waals surface area (Å²) in [6.45, 7) is 6.22. The molecule has 0 saturated carbocycles. The molecule has 0 bridgehead atoms. The number of ether oxygens (including phenoxy) is 1. The third-order valence-corrected chi connectivity index (χ3v) is 1.36. The summed E-state index contributed by atoms with van der Waals surface area (Å²) >= 11 is 0. The average molecular weight is 208 g/mol. The molecule has 0 radical (unpaired) electrons. The third-order valence-electron chi connectivity index (χ3n) is 1.36. The van der Waals surface area contributed by atoms with Crippen LogP contribution in [0.15, 0.2) is 12.4 Å². The van der Waals surface area contributed by atoms with Gasteiger partial charge in [0.2, 0.25) is 11.8 Å². The summed E-state index contributed by atoms with van der Waals surface area (Å²) in [7, 11) is 0. The van der Waals surface area contributed by atoms with E-state index in [9.17, 15) is 4.39 Å². The SMILES string of the molecule is CC(C)(C)C#CCOc1cc(F)ncn1. The van der Waals surface area contributed by atoms with Gasteiger partial charge in [0.15, 0.2) is 6.61 Å². The van der Waals surface area contributed by atoms with Crippen molar-refractivity contribution in [1.82, 2.24) is 9.97 Å². The van der Waals surface area contributed by atoms with Gasteiger partial charge >= 0.3 is 0 Å². The molecule has 4 heteroatoms. The van der Waals surface area contributed by atoms with Gasteiger partial charge in [-0.25, -0.2) is 9.97 Å². The van der Waals surface area contributed by atoms with Gasteiger partial charge in [0, 0.05) is 5.41 Å². The Morgan fingerprint density at radius 2 is 2.13 bits per heavy atom. The molecule has 0 aliphatic rings. The minimum atomic E-state index is -0.608. The van der Waals surface area contributed by atoms with E-state index in [-0.39, 0.29) is 17.9 Å². The van der Waals surface area contributed by atoms with E-state index in [0.717, 1.165) is 12.4 Å². The minimum Gasteiger partial charge on any atom is -0.464 e. The van der Waals surface area contributed by atoms with Crippen LogP contribution in [-0.2, 0) is 0 Å². The van der Waals surface area contributed by atoms with Crippen LogP contribution in [0.1, 0.15) is 20.8 Å². The molecule has 0 N–H and O–H groups in total. The number of rotatable bonds is 2. The highest BCUT2D eigenvalue weighted by Crippen LogP contribution is 2.09. The summed E-state index contributed by atoms with van der Waals surface area (Å²) in [6.07, 6.45) is 1.11. The monoisotopic (exact) mass is 208 g/mol. The topological polar surface area (TPSA) is 35.0 Å². The Labute approximate surface area is 88.7 Å². The minimum absolute atomic E-state index is 0.0553. The summed E-state index contributed by atoms with van der Waals surface area (Å²) in [4.78, 5) is 7.05. The molecule has 0 saturated heterocycles. The molecule has 0 atom stereocenters. The van der Waals surface area contributed by atoms with Gasteiger partial charge in [0.25, 0.3) is 0 Å². The molecule has 1 rings (SSSR count). The first-order valence-electron chi connectivity index (χ1n) is 4.58. The first kappa shape index (κ1) is 11.4.